The molecule has 138 valence electrons. The molecule has 3 rings (SSSR count). The van der Waals surface area contributed by atoms with E-state index < -0.39 is 6.10 Å². The molecular weight excluding hydrogens is 348 g/mol. The van der Waals surface area contributed by atoms with Gasteiger partial charge in [0.25, 0.3) is 5.91 Å². The smallest absolute Gasteiger partial charge is 0.260 e. The first kappa shape index (κ1) is 18.7. The molecule has 0 radical (unpaired) electrons. The first-order chi connectivity index (χ1) is 12.6. The van der Waals surface area contributed by atoms with Crippen molar-refractivity contribution in [3.8, 4) is 5.75 Å². The SMILES string of the molecule is CC(Oc1ccccc1)C(=O)NCC(c1cccc(Cl)c1)N1CCCC1. The number of para-hydroxylation sites is 1. The van der Waals surface area contributed by atoms with Crippen LogP contribution in [0.15, 0.2) is 54.6 Å². The van der Waals surface area contributed by atoms with Crippen molar-refractivity contribution in [1.82, 2.24) is 10.2 Å². The highest BCUT2D eigenvalue weighted by atomic mass is 35.5. The molecule has 4 nitrogen and oxygen atoms in total. The average Bonchev–Trinajstić information content (AvgIpc) is 3.17. The van der Waals surface area contributed by atoms with Gasteiger partial charge in [-0.3, -0.25) is 9.69 Å². The number of carbonyl (C=O) groups is 1. The number of amides is 1. The summed E-state index contributed by atoms with van der Waals surface area (Å²) in [6.07, 6.45) is 1.84. The van der Waals surface area contributed by atoms with Gasteiger partial charge in [-0.1, -0.05) is 41.9 Å². The van der Waals surface area contributed by atoms with Gasteiger partial charge in [0.05, 0.1) is 6.04 Å². The van der Waals surface area contributed by atoms with Crippen LogP contribution in [0.25, 0.3) is 0 Å². The minimum Gasteiger partial charge on any atom is -0.481 e. The summed E-state index contributed by atoms with van der Waals surface area (Å²) >= 11 is 6.17. The fourth-order valence-corrected chi connectivity index (χ4v) is 3.52. The van der Waals surface area contributed by atoms with E-state index in [-0.39, 0.29) is 11.9 Å². The minimum absolute atomic E-state index is 0.111. The third kappa shape index (κ3) is 4.99. The third-order valence-corrected chi connectivity index (χ3v) is 4.94. The van der Waals surface area contributed by atoms with Gasteiger partial charge in [0.2, 0.25) is 0 Å². The molecular formula is C21H25ClN2O2. The highest BCUT2D eigenvalue weighted by molar-refractivity contribution is 6.30. The van der Waals surface area contributed by atoms with Gasteiger partial charge in [-0.05, 0) is 62.7 Å². The lowest BCUT2D eigenvalue weighted by Crippen LogP contribution is -2.42. The van der Waals surface area contributed by atoms with E-state index in [2.05, 4.69) is 16.3 Å². The van der Waals surface area contributed by atoms with Crippen molar-refractivity contribution < 1.29 is 9.53 Å². The molecule has 0 bridgehead atoms. The van der Waals surface area contributed by atoms with E-state index in [9.17, 15) is 4.79 Å². The minimum atomic E-state index is -0.545. The molecule has 1 saturated heterocycles. The molecule has 2 atom stereocenters. The van der Waals surface area contributed by atoms with Gasteiger partial charge in [0.15, 0.2) is 6.10 Å². The zero-order valence-electron chi connectivity index (χ0n) is 15.0. The van der Waals surface area contributed by atoms with Gasteiger partial charge in [-0.25, -0.2) is 0 Å². The summed E-state index contributed by atoms with van der Waals surface area (Å²) < 4.78 is 5.71. The van der Waals surface area contributed by atoms with E-state index in [1.807, 2.05) is 48.5 Å². The molecule has 0 saturated carbocycles. The van der Waals surface area contributed by atoms with E-state index in [1.165, 1.54) is 12.8 Å². The molecule has 2 aromatic rings. The van der Waals surface area contributed by atoms with Crippen LogP contribution in [-0.2, 0) is 4.79 Å². The van der Waals surface area contributed by atoms with Crippen LogP contribution in [0.4, 0.5) is 0 Å². The Hall–Kier alpha value is -2.04. The standard InChI is InChI=1S/C21H25ClN2O2/c1-16(26-19-10-3-2-4-11-19)21(25)23-15-20(24-12-5-6-13-24)17-8-7-9-18(22)14-17/h2-4,7-11,14,16,20H,5-6,12-13,15H2,1H3,(H,23,25). The number of benzene rings is 2. The molecule has 2 aromatic carbocycles. The molecule has 26 heavy (non-hydrogen) atoms. The summed E-state index contributed by atoms with van der Waals surface area (Å²) in [7, 11) is 0. The molecule has 1 fully saturated rings. The number of nitrogens with one attached hydrogen (secondary N) is 1. The lowest BCUT2D eigenvalue weighted by atomic mass is 10.1. The Labute approximate surface area is 160 Å². The number of halogens is 1. The van der Waals surface area contributed by atoms with E-state index in [0.717, 1.165) is 23.7 Å². The normalized spacial score (nSPS) is 16.8. The number of hydrogen-bond donors (Lipinski definition) is 1. The van der Waals surface area contributed by atoms with Crippen LogP contribution in [0, 0.1) is 0 Å². The van der Waals surface area contributed by atoms with Crippen LogP contribution in [0.5, 0.6) is 5.75 Å². The molecule has 1 N–H and O–H groups in total. The summed E-state index contributed by atoms with van der Waals surface area (Å²) in [4.78, 5) is 14.9. The third-order valence-electron chi connectivity index (χ3n) is 4.71. The molecule has 1 heterocycles. The maximum atomic E-state index is 12.5. The number of likely N-dealkylation sites (tertiary alicyclic amines) is 1. The van der Waals surface area contributed by atoms with Crippen LogP contribution in [0.3, 0.4) is 0 Å². The molecule has 1 aliphatic heterocycles. The summed E-state index contributed by atoms with van der Waals surface area (Å²) in [5.41, 5.74) is 1.14. The largest absolute Gasteiger partial charge is 0.481 e. The monoisotopic (exact) mass is 372 g/mol. The van der Waals surface area contributed by atoms with Crippen LogP contribution in [0.1, 0.15) is 31.4 Å². The number of hydrogen-bond acceptors (Lipinski definition) is 3. The molecule has 0 aliphatic carbocycles. The van der Waals surface area contributed by atoms with E-state index in [4.69, 9.17) is 16.3 Å². The van der Waals surface area contributed by atoms with Crippen molar-refractivity contribution in [3.05, 3.63) is 65.2 Å². The van der Waals surface area contributed by atoms with Crippen molar-refractivity contribution in [1.29, 1.82) is 0 Å². The lowest BCUT2D eigenvalue weighted by molar-refractivity contribution is -0.127. The second kappa shape index (κ2) is 9.06. The summed E-state index contributed by atoms with van der Waals surface area (Å²) in [6.45, 7) is 4.40. The average molecular weight is 373 g/mol. The second-order valence-corrected chi connectivity index (χ2v) is 7.07. The predicted octanol–water partition coefficient (Wildman–Crippen LogP) is 4.06. The van der Waals surface area contributed by atoms with Gasteiger partial charge in [-0.2, -0.15) is 0 Å². The van der Waals surface area contributed by atoms with Gasteiger partial charge in [0.1, 0.15) is 5.75 Å². The molecule has 5 heteroatoms. The Morgan fingerprint density at radius 1 is 1.15 bits per heavy atom. The number of nitrogens with zero attached hydrogens (tertiary/aromatic N) is 1. The molecule has 2 unspecified atom stereocenters. The van der Waals surface area contributed by atoms with Crippen molar-refractivity contribution in [2.45, 2.75) is 31.9 Å². The zero-order valence-corrected chi connectivity index (χ0v) is 15.8. The Balaban J connectivity index is 1.62. The van der Waals surface area contributed by atoms with Crippen molar-refractivity contribution in [2.75, 3.05) is 19.6 Å². The summed E-state index contributed by atoms with van der Waals surface area (Å²) in [5.74, 6) is 0.584. The zero-order chi connectivity index (χ0) is 18.4. The van der Waals surface area contributed by atoms with Crippen molar-refractivity contribution in [3.63, 3.8) is 0 Å². The lowest BCUT2D eigenvalue weighted by Gasteiger charge is -2.29. The van der Waals surface area contributed by atoms with Crippen LogP contribution >= 0.6 is 11.6 Å². The first-order valence-electron chi connectivity index (χ1n) is 9.12. The van der Waals surface area contributed by atoms with Crippen LogP contribution < -0.4 is 10.1 Å². The number of carbonyl (C=O) groups excluding carboxylic acids is 1. The Morgan fingerprint density at radius 3 is 2.58 bits per heavy atom. The molecule has 1 aliphatic rings. The van der Waals surface area contributed by atoms with Crippen LogP contribution in [0.2, 0.25) is 5.02 Å². The van der Waals surface area contributed by atoms with E-state index >= 15 is 0 Å². The Morgan fingerprint density at radius 2 is 1.88 bits per heavy atom. The van der Waals surface area contributed by atoms with Crippen molar-refractivity contribution >= 4 is 17.5 Å². The van der Waals surface area contributed by atoms with E-state index in [0.29, 0.717) is 12.3 Å². The Kier molecular flexibility index (Phi) is 6.53. The maximum Gasteiger partial charge on any atom is 0.260 e. The quantitative estimate of drug-likeness (QED) is 0.796. The Bertz CT molecular complexity index is 717. The van der Waals surface area contributed by atoms with Gasteiger partial charge in [0, 0.05) is 11.6 Å². The van der Waals surface area contributed by atoms with Crippen molar-refractivity contribution in [2.24, 2.45) is 0 Å². The highest BCUT2D eigenvalue weighted by Gasteiger charge is 2.25. The van der Waals surface area contributed by atoms with Gasteiger partial charge < -0.3 is 10.1 Å². The number of ether oxygens (including phenoxy) is 1. The molecule has 1 amide bonds. The highest BCUT2D eigenvalue weighted by Crippen LogP contribution is 2.26. The molecule has 0 spiro atoms. The van der Waals surface area contributed by atoms with Gasteiger partial charge >= 0.3 is 0 Å². The topological polar surface area (TPSA) is 41.6 Å². The van der Waals surface area contributed by atoms with Crippen LogP contribution in [-0.4, -0.2) is 36.5 Å². The number of rotatable bonds is 7. The maximum absolute atomic E-state index is 12.5. The fraction of sp³-hybridized carbons (Fsp3) is 0.381. The fourth-order valence-electron chi connectivity index (χ4n) is 3.32. The first-order valence-corrected chi connectivity index (χ1v) is 9.50. The summed E-state index contributed by atoms with van der Waals surface area (Å²) in [6, 6.07) is 17.4. The second-order valence-electron chi connectivity index (χ2n) is 6.63. The summed E-state index contributed by atoms with van der Waals surface area (Å²) in [5, 5.41) is 3.77. The van der Waals surface area contributed by atoms with E-state index in [1.54, 1.807) is 6.92 Å². The predicted molar refractivity (Wildman–Crippen MR) is 105 cm³/mol. The molecule has 0 aromatic heterocycles. The van der Waals surface area contributed by atoms with Gasteiger partial charge in [-0.15, -0.1) is 0 Å².